The summed E-state index contributed by atoms with van der Waals surface area (Å²) in [5.74, 6) is -0.691. The highest BCUT2D eigenvalue weighted by Gasteiger charge is 2.52. The van der Waals surface area contributed by atoms with Crippen molar-refractivity contribution in [2.75, 3.05) is 14.2 Å². The number of aryl methyl sites for hydroxylation is 4. The van der Waals surface area contributed by atoms with Gasteiger partial charge < -0.3 is 18.8 Å². The molecular weight excluding hydrogens is 698 g/mol. The van der Waals surface area contributed by atoms with Crippen LogP contribution in [0.5, 0.6) is 0 Å². The molecule has 1 aliphatic rings. The maximum atomic E-state index is 11.6. The van der Waals surface area contributed by atoms with Gasteiger partial charge in [-0.3, -0.25) is 10.2 Å². The van der Waals surface area contributed by atoms with E-state index in [1.165, 1.54) is 19.8 Å². The summed E-state index contributed by atoms with van der Waals surface area (Å²) in [6.45, 7) is 20.1. The van der Waals surface area contributed by atoms with Crippen molar-refractivity contribution in [1.29, 1.82) is 0 Å². The maximum absolute atomic E-state index is 11.6. The van der Waals surface area contributed by atoms with Crippen molar-refractivity contribution in [2.24, 2.45) is 0 Å². The van der Waals surface area contributed by atoms with Gasteiger partial charge in [0.25, 0.3) is 0 Å². The minimum Gasteiger partial charge on any atom is -0.465 e. The fraction of sp³-hybridized carbons (Fsp3) is 0.412. The molecule has 246 valence electrons. The fourth-order valence-electron chi connectivity index (χ4n) is 4.43. The van der Waals surface area contributed by atoms with Crippen LogP contribution < -0.4 is 5.46 Å². The van der Waals surface area contributed by atoms with Gasteiger partial charge in [0.2, 0.25) is 0 Å². The van der Waals surface area contributed by atoms with Gasteiger partial charge in [-0.15, -0.1) is 0 Å². The molecule has 0 bridgehead atoms. The summed E-state index contributed by atoms with van der Waals surface area (Å²) >= 11 is 2.20. The van der Waals surface area contributed by atoms with Gasteiger partial charge in [0.05, 0.1) is 42.2 Å². The zero-order valence-electron chi connectivity index (χ0n) is 28.8. The number of H-pyrrole nitrogens is 2. The van der Waals surface area contributed by atoms with Crippen molar-refractivity contribution in [1.82, 2.24) is 20.4 Å². The lowest BCUT2D eigenvalue weighted by Crippen LogP contribution is -2.41. The number of esters is 2. The minimum atomic E-state index is -0.468. The van der Waals surface area contributed by atoms with Gasteiger partial charge in [-0.05, 0) is 133 Å². The summed E-state index contributed by atoms with van der Waals surface area (Å²) < 4.78 is 22.6. The second-order valence-corrected chi connectivity index (χ2v) is 13.3. The third kappa shape index (κ3) is 8.26. The molecule has 2 N–H and O–H groups in total. The van der Waals surface area contributed by atoms with E-state index in [1.807, 2.05) is 80.5 Å². The molecule has 46 heavy (non-hydrogen) atoms. The van der Waals surface area contributed by atoms with Gasteiger partial charge >= 0.3 is 19.1 Å². The third-order valence-electron chi connectivity index (χ3n) is 8.57. The lowest BCUT2D eigenvalue weighted by atomic mass is 9.75. The van der Waals surface area contributed by atoms with E-state index in [9.17, 15) is 9.59 Å². The van der Waals surface area contributed by atoms with E-state index in [0.717, 1.165) is 48.5 Å². The molecule has 5 rings (SSSR count). The number of hydrogen-bond donors (Lipinski definition) is 2. The SMILES string of the molecule is COC(=O)c1ccc(C)c(-c2n[nH]c(C)c2C)c1.COC(=O)c1ccc(C)c(B2OC(C)(C)C(C)(C)O2)c1.Cc1[nH]nc(I)c1C. The number of nitrogens with one attached hydrogen (secondary N) is 2. The Labute approximate surface area is 285 Å². The topological polar surface area (TPSA) is 128 Å². The summed E-state index contributed by atoms with van der Waals surface area (Å²) in [7, 11) is 2.28. The Morgan fingerprint density at radius 3 is 1.63 bits per heavy atom. The Balaban J connectivity index is 0.000000204. The smallest absolute Gasteiger partial charge is 0.465 e. The van der Waals surface area contributed by atoms with Crippen LogP contribution in [-0.2, 0) is 18.8 Å². The minimum absolute atomic E-state index is 0.332. The number of nitrogens with zero attached hydrogens (tertiary/aromatic N) is 2. The fourth-order valence-corrected chi connectivity index (χ4v) is 4.96. The molecule has 0 saturated carbocycles. The average molecular weight is 742 g/mol. The monoisotopic (exact) mass is 742 g/mol. The van der Waals surface area contributed by atoms with Crippen molar-refractivity contribution >= 4 is 47.1 Å². The number of carbonyl (C=O) groups excluding carboxylic acids is 2. The van der Waals surface area contributed by atoms with Gasteiger partial charge in [-0.1, -0.05) is 17.7 Å². The van der Waals surface area contributed by atoms with Gasteiger partial charge in [0.15, 0.2) is 0 Å². The largest absolute Gasteiger partial charge is 0.495 e. The number of halogens is 1. The Kier molecular flexibility index (Phi) is 12.0. The second-order valence-electron chi connectivity index (χ2n) is 12.3. The van der Waals surface area contributed by atoms with Crippen molar-refractivity contribution in [3.8, 4) is 11.3 Å². The van der Waals surface area contributed by atoms with Crippen LogP contribution in [0, 0.1) is 45.2 Å². The Morgan fingerprint density at radius 1 is 0.739 bits per heavy atom. The molecule has 0 aliphatic carbocycles. The molecule has 12 heteroatoms. The molecule has 1 aliphatic heterocycles. The molecule has 0 amide bonds. The number of aromatic nitrogens is 4. The van der Waals surface area contributed by atoms with E-state index in [-0.39, 0.29) is 11.9 Å². The molecule has 1 saturated heterocycles. The van der Waals surface area contributed by atoms with Crippen LogP contribution >= 0.6 is 22.6 Å². The number of benzene rings is 2. The first-order valence-corrected chi connectivity index (χ1v) is 15.9. The first kappa shape index (κ1) is 37.0. The quantitative estimate of drug-likeness (QED) is 0.138. The van der Waals surface area contributed by atoms with Gasteiger partial charge in [0, 0.05) is 22.5 Å². The first-order valence-electron chi connectivity index (χ1n) is 14.9. The summed E-state index contributed by atoms with van der Waals surface area (Å²) in [6.07, 6.45) is 0. The van der Waals surface area contributed by atoms with E-state index in [1.54, 1.807) is 18.2 Å². The van der Waals surface area contributed by atoms with Gasteiger partial charge in [0.1, 0.15) is 3.70 Å². The van der Waals surface area contributed by atoms with Crippen molar-refractivity contribution < 1.29 is 28.4 Å². The molecule has 2 aromatic heterocycles. The van der Waals surface area contributed by atoms with Crippen molar-refractivity contribution in [3.05, 3.63) is 84.9 Å². The van der Waals surface area contributed by atoms with E-state index >= 15 is 0 Å². The third-order valence-corrected chi connectivity index (χ3v) is 9.62. The number of ether oxygens (including phenoxy) is 2. The van der Waals surface area contributed by atoms with Crippen LogP contribution in [0.3, 0.4) is 0 Å². The maximum Gasteiger partial charge on any atom is 0.495 e. The summed E-state index contributed by atoms with van der Waals surface area (Å²) in [5.41, 5.74) is 9.61. The molecule has 0 radical (unpaired) electrons. The predicted molar refractivity (Wildman–Crippen MR) is 189 cm³/mol. The van der Waals surface area contributed by atoms with Crippen molar-refractivity contribution in [3.63, 3.8) is 0 Å². The normalized spacial score (nSPS) is 14.5. The Bertz CT molecular complexity index is 1680. The highest BCUT2D eigenvalue weighted by Crippen LogP contribution is 2.36. The zero-order chi connectivity index (χ0) is 34.6. The van der Waals surface area contributed by atoms with Crippen LogP contribution in [0.4, 0.5) is 0 Å². The highest BCUT2D eigenvalue weighted by molar-refractivity contribution is 14.1. The summed E-state index contributed by atoms with van der Waals surface area (Å²) in [5, 5.41) is 14.1. The van der Waals surface area contributed by atoms with Crippen LogP contribution in [-0.4, -0.2) is 64.9 Å². The molecular formula is C34H44BIN4O6. The molecule has 4 aromatic rings. The molecule has 0 atom stereocenters. The predicted octanol–water partition coefficient (Wildman–Crippen LogP) is 6.50. The second kappa shape index (κ2) is 14.9. The van der Waals surface area contributed by atoms with Crippen LogP contribution in [0.1, 0.15) is 82.1 Å². The average Bonchev–Trinajstić information content (AvgIpc) is 3.58. The van der Waals surface area contributed by atoms with E-state index in [2.05, 4.69) is 49.9 Å². The highest BCUT2D eigenvalue weighted by atomic mass is 127. The molecule has 1 fully saturated rings. The lowest BCUT2D eigenvalue weighted by Gasteiger charge is -2.32. The lowest BCUT2D eigenvalue weighted by molar-refractivity contribution is 0.00578. The first-order chi connectivity index (χ1) is 21.4. The number of aromatic amines is 2. The van der Waals surface area contributed by atoms with E-state index in [4.69, 9.17) is 18.8 Å². The Hall–Kier alpha value is -3.49. The van der Waals surface area contributed by atoms with Gasteiger partial charge in [-0.2, -0.15) is 10.2 Å². The van der Waals surface area contributed by atoms with E-state index in [0.29, 0.717) is 11.1 Å². The molecule has 10 nitrogen and oxygen atoms in total. The van der Waals surface area contributed by atoms with Gasteiger partial charge in [-0.25, -0.2) is 9.59 Å². The molecule has 2 aromatic carbocycles. The number of rotatable bonds is 4. The summed E-state index contributed by atoms with van der Waals surface area (Å²) in [6, 6.07) is 10.9. The Morgan fingerprint density at radius 2 is 1.22 bits per heavy atom. The van der Waals surface area contributed by atoms with Crippen LogP contribution in [0.2, 0.25) is 0 Å². The summed E-state index contributed by atoms with van der Waals surface area (Å²) in [4.78, 5) is 23.2. The number of methoxy groups -OCH3 is 2. The molecule has 0 unspecified atom stereocenters. The molecule has 0 spiro atoms. The number of carbonyl (C=O) groups is 2. The van der Waals surface area contributed by atoms with Crippen molar-refractivity contribution in [2.45, 2.75) is 80.4 Å². The van der Waals surface area contributed by atoms with E-state index < -0.39 is 18.3 Å². The number of hydrogen-bond acceptors (Lipinski definition) is 8. The van der Waals surface area contributed by atoms with Crippen LogP contribution in [0.25, 0.3) is 11.3 Å². The molecule has 3 heterocycles. The van der Waals surface area contributed by atoms with Crippen LogP contribution in [0.15, 0.2) is 36.4 Å². The zero-order valence-corrected chi connectivity index (χ0v) is 30.9. The standard InChI is InChI=1S/C15H21BO4.C14H16N2O2.C5H7IN2/c1-10-7-8-11(13(17)18-6)9-12(10)16-19-14(2,3)15(4,5)20-16;1-8-5-6-11(14(17)18-4)7-12(8)13-9(2)10(3)15-16-13;1-3-4(2)7-8-5(3)6/h7-9H,1-6H3;5-7H,1-4H3,(H,15,16);1-2H3,(H,7,8).